The molecule has 1 aromatic carbocycles. The minimum absolute atomic E-state index is 0.0512. The number of benzene rings is 1. The number of carbonyl (C=O) groups excluding carboxylic acids is 2. The molecule has 0 spiro atoms. The van der Waals surface area contributed by atoms with E-state index in [2.05, 4.69) is 27.2 Å². The predicted octanol–water partition coefficient (Wildman–Crippen LogP) is 3.67. The molecule has 0 bridgehead atoms. The van der Waals surface area contributed by atoms with Gasteiger partial charge >= 0.3 is 0 Å². The number of aromatic nitrogens is 2. The first-order valence-electron chi connectivity index (χ1n) is 11.9. The van der Waals surface area contributed by atoms with E-state index in [1.54, 1.807) is 5.38 Å². The quantitative estimate of drug-likeness (QED) is 0.595. The van der Waals surface area contributed by atoms with Gasteiger partial charge in [0.15, 0.2) is 0 Å². The van der Waals surface area contributed by atoms with Crippen molar-refractivity contribution in [3.63, 3.8) is 0 Å². The summed E-state index contributed by atoms with van der Waals surface area (Å²) in [7, 11) is 2.07. The maximum atomic E-state index is 13.2. The zero-order valence-electron chi connectivity index (χ0n) is 19.3. The van der Waals surface area contributed by atoms with E-state index in [0.29, 0.717) is 27.3 Å². The molecule has 1 saturated carbocycles. The van der Waals surface area contributed by atoms with E-state index in [4.69, 9.17) is 0 Å². The monoisotopic (exact) mass is 479 g/mol. The molecule has 0 radical (unpaired) electrons. The number of anilines is 1. The Morgan fingerprint density at radius 2 is 1.88 bits per heavy atom. The molecule has 8 nitrogen and oxygen atoms in total. The second-order valence-corrected chi connectivity index (χ2v) is 10.1. The smallest absolute Gasteiger partial charge is 0.268 e. The Morgan fingerprint density at radius 1 is 1.12 bits per heavy atom. The highest BCUT2D eigenvalue weighted by atomic mass is 32.1. The highest BCUT2D eigenvalue weighted by molar-refractivity contribution is 7.17. The van der Waals surface area contributed by atoms with Crippen molar-refractivity contribution in [2.24, 2.45) is 0 Å². The minimum atomic E-state index is -0.292. The fourth-order valence-electron chi connectivity index (χ4n) is 4.97. The van der Waals surface area contributed by atoms with E-state index in [9.17, 15) is 14.4 Å². The molecule has 3 aromatic rings. The van der Waals surface area contributed by atoms with Crippen LogP contribution in [0, 0.1) is 0 Å². The number of hydrogen-bond acceptors (Lipinski definition) is 6. The number of hydrogen-bond donors (Lipinski definition) is 2. The van der Waals surface area contributed by atoms with Crippen LogP contribution in [0.5, 0.6) is 0 Å². The zero-order chi connectivity index (χ0) is 23.7. The molecule has 5 rings (SSSR count). The first-order chi connectivity index (χ1) is 16.5. The van der Waals surface area contributed by atoms with Gasteiger partial charge in [-0.25, -0.2) is 4.98 Å². The molecule has 2 N–H and O–H groups in total. The topological polar surface area (TPSA) is 98.4 Å². The molecule has 1 saturated heterocycles. The first-order valence-corrected chi connectivity index (χ1v) is 12.8. The second kappa shape index (κ2) is 9.68. The molecule has 1 aliphatic carbocycles. The molecular weight excluding hydrogens is 450 g/mol. The first kappa shape index (κ1) is 22.7. The number of rotatable bonds is 4. The molecule has 2 aliphatic rings. The summed E-state index contributed by atoms with van der Waals surface area (Å²) in [6, 6.07) is 5.66. The van der Waals surface area contributed by atoms with Gasteiger partial charge in [-0.2, -0.15) is 0 Å². The van der Waals surface area contributed by atoms with Gasteiger partial charge in [-0.05, 0) is 49.6 Å². The van der Waals surface area contributed by atoms with Gasteiger partial charge in [0.2, 0.25) is 0 Å². The molecule has 178 valence electrons. The Labute approximate surface area is 202 Å². The van der Waals surface area contributed by atoms with Gasteiger partial charge in [-0.1, -0.05) is 19.3 Å². The minimum Gasteiger partial charge on any atom is -0.336 e. The summed E-state index contributed by atoms with van der Waals surface area (Å²) in [5.74, 6) is 0.0688. The van der Waals surface area contributed by atoms with Gasteiger partial charge in [-0.3, -0.25) is 14.4 Å². The number of thiophene rings is 1. The summed E-state index contributed by atoms with van der Waals surface area (Å²) in [4.78, 5) is 49.3. The molecule has 9 heteroatoms. The summed E-state index contributed by atoms with van der Waals surface area (Å²) in [5, 5.41) is 4.73. The zero-order valence-corrected chi connectivity index (χ0v) is 20.1. The van der Waals surface area contributed by atoms with Gasteiger partial charge in [0.25, 0.3) is 17.4 Å². The van der Waals surface area contributed by atoms with Crippen LogP contribution in [0.15, 0.2) is 34.7 Å². The number of nitrogens with one attached hydrogen (secondary N) is 2. The lowest BCUT2D eigenvalue weighted by atomic mass is 9.82. The summed E-state index contributed by atoms with van der Waals surface area (Å²) in [5.41, 5.74) is 2.99. The number of amides is 2. The number of fused-ring (bicyclic) bond motifs is 1. The van der Waals surface area contributed by atoms with E-state index in [1.807, 2.05) is 23.1 Å². The Morgan fingerprint density at radius 3 is 2.65 bits per heavy atom. The molecule has 0 atom stereocenters. The van der Waals surface area contributed by atoms with Crippen molar-refractivity contribution in [3.05, 3.63) is 57.0 Å². The van der Waals surface area contributed by atoms with Crippen LogP contribution in [0.1, 0.15) is 64.3 Å². The van der Waals surface area contributed by atoms with Crippen molar-refractivity contribution in [1.29, 1.82) is 0 Å². The Balaban J connectivity index is 1.44. The van der Waals surface area contributed by atoms with E-state index < -0.39 is 0 Å². The molecule has 2 aromatic heterocycles. The Hall–Kier alpha value is -3.04. The van der Waals surface area contributed by atoms with Gasteiger partial charge in [0, 0.05) is 42.8 Å². The highest BCUT2D eigenvalue weighted by Gasteiger charge is 2.25. The standard InChI is InChI=1S/C25H29N5O3S/c1-29-9-11-30(12-10-29)25(33)17-7-8-20(18(13-17)16-5-3-2-4-6-16)28-23(31)19-14-34-22-21(19)26-15-27-24(22)32/h7-8,13-16H,2-6,9-12H2,1H3,(H,28,31)(H,26,27,32). The Bertz CT molecular complexity index is 1270. The molecular formula is C25H29N5O3S. The van der Waals surface area contributed by atoms with E-state index in [1.165, 1.54) is 24.1 Å². The third kappa shape index (κ3) is 4.50. The van der Waals surface area contributed by atoms with Crippen molar-refractivity contribution < 1.29 is 9.59 Å². The van der Waals surface area contributed by atoms with Crippen LogP contribution in [-0.2, 0) is 0 Å². The lowest BCUT2D eigenvalue weighted by Crippen LogP contribution is -2.47. The highest BCUT2D eigenvalue weighted by Crippen LogP contribution is 2.37. The number of piperazine rings is 1. The normalized spacial score (nSPS) is 17.7. The van der Waals surface area contributed by atoms with Crippen molar-refractivity contribution >= 4 is 39.1 Å². The molecule has 34 heavy (non-hydrogen) atoms. The molecule has 1 aliphatic heterocycles. The van der Waals surface area contributed by atoms with Gasteiger partial charge in [0.1, 0.15) is 10.2 Å². The van der Waals surface area contributed by atoms with E-state index in [0.717, 1.165) is 63.1 Å². The summed E-state index contributed by atoms with van der Waals surface area (Å²) in [6.45, 7) is 3.20. The number of carbonyl (C=O) groups is 2. The number of likely N-dealkylation sites (N-methyl/N-ethyl adjacent to an activating group) is 1. The summed E-state index contributed by atoms with van der Waals surface area (Å²) < 4.78 is 0.438. The Kier molecular flexibility index (Phi) is 6.47. The largest absolute Gasteiger partial charge is 0.336 e. The summed E-state index contributed by atoms with van der Waals surface area (Å²) >= 11 is 1.21. The van der Waals surface area contributed by atoms with Crippen molar-refractivity contribution in [1.82, 2.24) is 19.8 Å². The van der Waals surface area contributed by atoms with E-state index in [-0.39, 0.29) is 17.4 Å². The fraction of sp³-hybridized carbons (Fsp3) is 0.440. The molecule has 2 fully saturated rings. The average Bonchev–Trinajstić information content (AvgIpc) is 3.31. The van der Waals surface area contributed by atoms with Crippen molar-refractivity contribution in [2.75, 3.05) is 38.5 Å². The number of nitrogens with zero attached hydrogens (tertiary/aromatic N) is 3. The predicted molar refractivity (Wildman–Crippen MR) is 134 cm³/mol. The van der Waals surface area contributed by atoms with Crippen LogP contribution in [0.4, 0.5) is 5.69 Å². The van der Waals surface area contributed by atoms with Crippen LogP contribution in [0.3, 0.4) is 0 Å². The molecule has 0 unspecified atom stereocenters. The van der Waals surface area contributed by atoms with Crippen LogP contribution in [-0.4, -0.2) is 64.8 Å². The third-order valence-electron chi connectivity index (χ3n) is 6.99. The van der Waals surface area contributed by atoms with Crippen LogP contribution in [0.2, 0.25) is 0 Å². The average molecular weight is 480 g/mol. The lowest BCUT2D eigenvalue weighted by molar-refractivity contribution is 0.0664. The maximum absolute atomic E-state index is 13.2. The molecule has 2 amide bonds. The summed E-state index contributed by atoms with van der Waals surface area (Å²) in [6.07, 6.45) is 6.94. The number of aromatic amines is 1. The van der Waals surface area contributed by atoms with Crippen LogP contribution >= 0.6 is 11.3 Å². The van der Waals surface area contributed by atoms with E-state index >= 15 is 0 Å². The number of H-pyrrole nitrogens is 1. The fourth-order valence-corrected chi connectivity index (χ4v) is 5.86. The van der Waals surface area contributed by atoms with Crippen LogP contribution in [0.25, 0.3) is 10.2 Å². The van der Waals surface area contributed by atoms with Gasteiger partial charge in [-0.15, -0.1) is 11.3 Å². The van der Waals surface area contributed by atoms with Gasteiger partial charge < -0.3 is 20.1 Å². The second-order valence-electron chi connectivity index (χ2n) is 9.25. The van der Waals surface area contributed by atoms with Crippen LogP contribution < -0.4 is 10.9 Å². The van der Waals surface area contributed by atoms with Crippen molar-refractivity contribution in [2.45, 2.75) is 38.0 Å². The SMILES string of the molecule is CN1CCN(C(=O)c2ccc(NC(=O)c3csc4c(=O)[nH]cnc34)c(C3CCCCC3)c2)CC1. The molecule has 3 heterocycles. The van der Waals surface area contributed by atoms with Crippen molar-refractivity contribution in [3.8, 4) is 0 Å². The maximum Gasteiger partial charge on any atom is 0.268 e. The van der Waals surface area contributed by atoms with Gasteiger partial charge in [0.05, 0.1) is 11.9 Å². The lowest BCUT2D eigenvalue weighted by Gasteiger charge is -2.33. The third-order valence-corrected chi connectivity index (χ3v) is 7.96.